The predicted molar refractivity (Wildman–Crippen MR) is 188 cm³/mol. The molecule has 0 fully saturated rings. The van der Waals surface area contributed by atoms with E-state index in [0.717, 1.165) is 28.1 Å². The lowest BCUT2D eigenvalue weighted by molar-refractivity contribution is 0.794. The van der Waals surface area contributed by atoms with Gasteiger partial charge in [-0.25, -0.2) is 4.98 Å². The molecule has 0 atom stereocenters. The molecular formula is C44H28N2. The van der Waals surface area contributed by atoms with Gasteiger partial charge in [0.2, 0.25) is 0 Å². The van der Waals surface area contributed by atoms with Crippen LogP contribution in [0.25, 0.3) is 61.5 Å². The monoisotopic (exact) mass is 584 g/mol. The summed E-state index contributed by atoms with van der Waals surface area (Å²) in [5, 5.41) is 0. The molecule has 0 bridgehead atoms. The first kappa shape index (κ1) is 25.3. The van der Waals surface area contributed by atoms with Gasteiger partial charge in [0, 0.05) is 11.3 Å². The normalized spacial score (nSPS) is 13.4. The Kier molecular flexibility index (Phi) is 5.24. The van der Waals surface area contributed by atoms with E-state index in [1.165, 1.54) is 55.6 Å². The molecule has 1 aromatic heterocycles. The minimum atomic E-state index is -0.338. The molecule has 214 valence electrons. The lowest BCUT2D eigenvalue weighted by Crippen LogP contribution is -2.25. The van der Waals surface area contributed by atoms with Crippen molar-refractivity contribution >= 4 is 11.0 Å². The minimum absolute atomic E-state index is 0.338. The Hall–Kier alpha value is -5.99. The maximum Gasteiger partial charge on any atom is 0.145 e. The molecule has 8 aromatic rings. The van der Waals surface area contributed by atoms with Gasteiger partial charge >= 0.3 is 0 Å². The van der Waals surface area contributed by atoms with Crippen LogP contribution in [0.4, 0.5) is 0 Å². The largest absolute Gasteiger partial charge is 0.292 e. The number of aromatic nitrogens is 2. The molecule has 2 heteroatoms. The van der Waals surface area contributed by atoms with Crippen molar-refractivity contribution in [2.75, 3.05) is 0 Å². The highest BCUT2D eigenvalue weighted by atomic mass is 15.1. The van der Waals surface area contributed by atoms with Crippen LogP contribution in [0.1, 0.15) is 22.3 Å². The van der Waals surface area contributed by atoms with Crippen molar-refractivity contribution in [2.24, 2.45) is 0 Å². The molecule has 2 aliphatic rings. The van der Waals surface area contributed by atoms with Crippen molar-refractivity contribution in [3.05, 3.63) is 192 Å². The minimum Gasteiger partial charge on any atom is -0.292 e. The summed E-state index contributed by atoms with van der Waals surface area (Å²) in [5.74, 6) is 0.949. The Bertz CT molecular complexity index is 2420. The van der Waals surface area contributed by atoms with E-state index in [2.05, 4.69) is 174 Å². The smallest absolute Gasteiger partial charge is 0.145 e. The molecule has 1 spiro atoms. The van der Waals surface area contributed by atoms with Crippen molar-refractivity contribution in [1.29, 1.82) is 0 Å². The predicted octanol–water partition coefficient (Wildman–Crippen LogP) is 10.7. The van der Waals surface area contributed by atoms with Gasteiger partial charge in [-0.3, -0.25) is 4.57 Å². The standard InChI is InChI=1S/C44H28N2/c1-2-13-30(14-3-1)43-45-40-23-10-11-24-41(40)46(43)31-27-25-29(26-28-31)32-18-12-22-39-42(32)35-17-6-9-21-38(35)44(39)36-19-7-4-15-33(36)34-16-5-8-20-37(34)44/h1-28H. The fraction of sp³-hybridized carbons (Fsp3) is 0.0227. The SMILES string of the molecule is c1ccc(-c2nc3ccccc3n2-c2ccc(-c3cccc4c3-c3ccccc3C43c4ccccc4-c4ccccc43)cc2)cc1. The van der Waals surface area contributed by atoms with Crippen LogP contribution in [0.15, 0.2) is 170 Å². The lowest BCUT2D eigenvalue weighted by Gasteiger charge is -2.30. The highest BCUT2D eigenvalue weighted by molar-refractivity contribution is 6.00. The van der Waals surface area contributed by atoms with E-state index in [1.807, 2.05) is 0 Å². The van der Waals surface area contributed by atoms with Crippen LogP contribution in [0, 0.1) is 0 Å². The van der Waals surface area contributed by atoms with Crippen LogP contribution in [0.2, 0.25) is 0 Å². The third-order valence-corrected chi connectivity index (χ3v) is 10.1. The second-order valence-corrected chi connectivity index (χ2v) is 12.3. The van der Waals surface area contributed by atoms with Crippen molar-refractivity contribution < 1.29 is 0 Å². The van der Waals surface area contributed by atoms with Gasteiger partial charge < -0.3 is 0 Å². The number of hydrogen-bond donors (Lipinski definition) is 0. The van der Waals surface area contributed by atoms with Gasteiger partial charge in [0.1, 0.15) is 5.82 Å². The fourth-order valence-electron chi connectivity index (χ4n) is 8.24. The summed E-state index contributed by atoms with van der Waals surface area (Å²) >= 11 is 0. The van der Waals surface area contributed by atoms with E-state index < -0.39 is 0 Å². The first-order valence-electron chi connectivity index (χ1n) is 15.9. The third kappa shape index (κ3) is 3.28. The third-order valence-electron chi connectivity index (χ3n) is 10.1. The highest BCUT2D eigenvalue weighted by Crippen LogP contribution is 2.63. The average Bonchev–Trinajstić information content (AvgIpc) is 3.77. The summed E-state index contributed by atoms with van der Waals surface area (Å²) in [6, 6.07) is 61.8. The number of benzene rings is 7. The summed E-state index contributed by atoms with van der Waals surface area (Å²) in [4.78, 5) is 5.05. The van der Waals surface area contributed by atoms with Crippen LogP contribution < -0.4 is 0 Å². The Labute approximate surface area is 267 Å². The van der Waals surface area contributed by atoms with Crippen molar-refractivity contribution in [1.82, 2.24) is 9.55 Å². The molecule has 10 rings (SSSR count). The van der Waals surface area contributed by atoms with Crippen molar-refractivity contribution in [3.63, 3.8) is 0 Å². The molecule has 1 heterocycles. The number of para-hydroxylation sites is 2. The van der Waals surface area contributed by atoms with Gasteiger partial charge in [-0.1, -0.05) is 146 Å². The Morgan fingerprint density at radius 3 is 1.65 bits per heavy atom. The zero-order chi connectivity index (χ0) is 30.2. The number of fused-ring (bicyclic) bond motifs is 11. The maximum absolute atomic E-state index is 5.05. The highest BCUT2D eigenvalue weighted by Gasteiger charge is 2.51. The van der Waals surface area contributed by atoms with Crippen LogP contribution in [0.3, 0.4) is 0 Å². The molecule has 0 saturated carbocycles. The number of imidazole rings is 1. The molecule has 0 saturated heterocycles. The Morgan fingerprint density at radius 1 is 0.391 bits per heavy atom. The van der Waals surface area contributed by atoms with Crippen LogP contribution >= 0.6 is 0 Å². The first-order chi connectivity index (χ1) is 22.8. The zero-order valence-corrected chi connectivity index (χ0v) is 25.1. The molecule has 46 heavy (non-hydrogen) atoms. The molecule has 2 aliphatic carbocycles. The van der Waals surface area contributed by atoms with Gasteiger partial charge in [0.05, 0.1) is 16.4 Å². The second kappa shape index (κ2) is 9.50. The Balaban J connectivity index is 1.18. The summed E-state index contributed by atoms with van der Waals surface area (Å²) in [6.45, 7) is 0. The molecule has 0 N–H and O–H groups in total. The van der Waals surface area contributed by atoms with E-state index in [-0.39, 0.29) is 5.41 Å². The molecule has 2 nitrogen and oxygen atoms in total. The molecule has 0 aliphatic heterocycles. The van der Waals surface area contributed by atoms with E-state index in [1.54, 1.807) is 0 Å². The summed E-state index contributed by atoms with van der Waals surface area (Å²) in [5.41, 5.74) is 17.2. The molecular weight excluding hydrogens is 556 g/mol. The topological polar surface area (TPSA) is 17.8 Å². The van der Waals surface area contributed by atoms with Crippen LogP contribution in [0.5, 0.6) is 0 Å². The molecule has 0 amide bonds. The second-order valence-electron chi connectivity index (χ2n) is 12.3. The van der Waals surface area contributed by atoms with Gasteiger partial charge in [-0.05, 0) is 79.9 Å². The van der Waals surface area contributed by atoms with E-state index in [9.17, 15) is 0 Å². The van der Waals surface area contributed by atoms with Crippen molar-refractivity contribution in [2.45, 2.75) is 5.41 Å². The van der Waals surface area contributed by atoms with Crippen LogP contribution in [-0.2, 0) is 5.41 Å². The Morgan fingerprint density at radius 2 is 0.935 bits per heavy atom. The molecule has 7 aromatic carbocycles. The number of rotatable bonds is 3. The summed E-state index contributed by atoms with van der Waals surface area (Å²) in [6.07, 6.45) is 0. The van der Waals surface area contributed by atoms with Crippen LogP contribution in [-0.4, -0.2) is 9.55 Å². The lowest BCUT2D eigenvalue weighted by atomic mass is 9.70. The number of hydrogen-bond acceptors (Lipinski definition) is 1. The van der Waals surface area contributed by atoms with E-state index in [4.69, 9.17) is 4.98 Å². The van der Waals surface area contributed by atoms with Gasteiger partial charge in [-0.15, -0.1) is 0 Å². The summed E-state index contributed by atoms with van der Waals surface area (Å²) in [7, 11) is 0. The zero-order valence-electron chi connectivity index (χ0n) is 25.1. The first-order valence-corrected chi connectivity index (χ1v) is 15.9. The molecule has 0 unspecified atom stereocenters. The quantitative estimate of drug-likeness (QED) is 0.202. The van der Waals surface area contributed by atoms with Gasteiger partial charge in [0.15, 0.2) is 0 Å². The number of nitrogens with zero attached hydrogens (tertiary/aromatic N) is 2. The fourth-order valence-corrected chi connectivity index (χ4v) is 8.24. The maximum atomic E-state index is 5.05. The van der Waals surface area contributed by atoms with Crippen molar-refractivity contribution in [3.8, 4) is 50.5 Å². The van der Waals surface area contributed by atoms with E-state index >= 15 is 0 Å². The van der Waals surface area contributed by atoms with Gasteiger partial charge in [-0.2, -0.15) is 0 Å². The summed E-state index contributed by atoms with van der Waals surface area (Å²) < 4.78 is 2.28. The van der Waals surface area contributed by atoms with Gasteiger partial charge in [0.25, 0.3) is 0 Å². The molecule has 0 radical (unpaired) electrons. The average molecular weight is 585 g/mol. The van der Waals surface area contributed by atoms with E-state index in [0.29, 0.717) is 0 Å².